The lowest BCUT2D eigenvalue weighted by Gasteiger charge is -2.15. The number of carboxylic acids is 1. The fourth-order valence-corrected chi connectivity index (χ4v) is 2.37. The minimum absolute atomic E-state index is 0.178. The van der Waals surface area contributed by atoms with Crippen molar-refractivity contribution in [1.29, 1.82) is 0 Å². The highest BCUT2D eigenvalue weighted by atomic mass is 16.5. The summed E-state index contributed by atoms with van der Waals surface area (Å²) >= 11 is 0. The topological polar surface area (TPSA) is 66.8 Å². The summed E-state index contributed by atoms with van der Waals surface area (Å²) in [5.41, 5.74) is 0.941. The van der Waals surface area contributed by atoms with Crippen molar-refractivity contribution >= 4 is 12.1 Å². The third kappa shape index (κ3) is 2.30. The van der Waals surface area contributed by atoms with Gasteiger partial charge in [-0.2, -0.15) is 0 Å². The molecule has 5 heteroatoms. The molecule has 0 aromatic heterocycles. The Labute approximate surface area is 105 Å². The van der Waals surface area contributed by atoms with E-state index in [1.807, 2.05) is 30.3 Å². The molecule has 0 spiro atoms. The highest BCUT2D eigenvalue weighted by Gasteiger charge is 2.40. The third-order valence-electron chi connectivity index (χ3n) is 3.30. The van der Waals surface area contributed by atoms with Crippen LogP contribution in [0.15, 0.2) is 30.3 Å². The molecule has 1 amide bonds. The number of hydrogen-bond acceptors (Lipinski definition) is 3. The van der Waals surface area contributed by atoms with E-state index in [0.717, 1.165) is 5.56 Å². The monoisotopic (exact) mass is 249 g/mol. The van der Waals surface area contributed by atoms with Gasteiger partial charge in [0.05, 0.1) is 13.0 Å². The molecule has 96 valence electrons. The summed E-state index contributed by atoms with van der Waals surface area (Å²) in [6, 6.07) is 9.40. The van der Waals surface area contributed by atoms with Gasteiger partial charge in [0, 0.05) is 19.0 Å². The minimum Gasteiger partial charge on any atom is -0.481 e. The van der Waals surface area contributed by atoms with Crippen LogP contribution in [0.2, 0.25) is 0 Å². The second-order valence-corrected chi connectivity index (χ2v) is 4.34. The summed E-state index contributed by atoms with van der Waals surface area (Å²) < 4.78 is 4.64. The summed E-state index contributed by atoms with van der Waals surface area (Å²) in [5.74, 6) is -1.63. The number of ether oxygens (including phenoxy) is 1. The highest BCUT2D eigenvalue weighted by Crippen LogP contribution is 2.33. The third-order valence-corrected chi connectivity index (χ3v) is 3.30. The van der Waals surface area contributed by atoms with E-state index in [9.17, 15) is 14.7 Å². The van der Waals surface area contributed by atoms with Gasteiger partial charge in [0.25, 0.3) is 0 Å². The van der Waals surface area contributed by atoms with Crippen molar-refractivity contribution in [1.82, 2.24) is 4.90 Å². The van der Waals surface area contributed by atoms with Crippen molar-refractivity contribution in [3.8, 4) is 0 Å². The Hall–Kier alpha value is -2.04. The predicted octanol–water partition coefficient (Wildman–Crippen LogP) is 1.55. The molecule has 0 saturated carbocycles. The van der Waals surface area contributed by atoms with Crippen LogP contribution in [0.25, 0.3) is 0 Å². The summed E-state index contributed by atoms with van der Waals surface area (Å²) in [5, 5.41) is 9.24. The fourth-order valence-electron chi connectivity index (χ4n) is 2.37. The smallest absolute Gasteiger partial charge is 0.409 e. The molecule has 1 aromatic carbocycles. The standard InChI is InChI=1S/C13H15NO4/c1-18-13(17)14-7-10(11(8-14)12(15)16)9-5-3-2-4-6-9/h2-6,10-11H,7-8H2,1H3,(H,15,16)/t10-,11+/m1/s1. The summed E-state index contributed by atoms with van der Waals surface area (Å²) in [7, 11) is 1.30. The van der Waals surface area contributed by atoms with Crippen LogP contribution in [0.5, 0.6) is 0 Å². The van der Waals surface area contributed by atoms with Gasteiger partial charge in [0.2, 0.25) is 0 Å². The molecule has 18 heavy (non-hydrogen) atoms. The zero-order chi connectivity index (χ0) is 13.1. The molecule has 1 fully saturated rings. The lowest BCUT2D eigenvalue weighted by Crippen LogP contribution is -2.29. The predicted molar refractivity (Wildman–Crippen MR) is 64.3 cm³/mol. The molecule has 0 radical (unpaired) electrons. The minimum atomic E-state index is -0.879. The van der Waals surface area contributed by atoms with Crippen molar-refractivity contribution in [2.75, 3.05) is 20.2 Å². The van der Waals surface area contributed by atoms with Gasteiger partial charge in [-0.1, -0.05) is 30.3 Å². The number of rotatable bonds is 2. The highest BCUT2D eigenvalue weighted by molar-refractivity contribution is 5.75. The van der Waals surface area contributed by atoms with Gasteiger partial charge >= 0.3 is 12.1 Å². The molecule has 1 aliphatic heterocycles. The van der Waals surface area contributed by atoms with Gasteiger partial charge in [-0.05, 0) is 5.56 Å². The number of hydrogen-bond donors (Lipinski definition) is 1. The fraction of sp³-hybridized carbons (Fsp3) is 0.385. The molecule has 1 N–H and O–H groups in total. The molecule has 2 atom stereocenters. The van der Waals surface area contributed by atoms with Crippen molar-refractivity contribution in [3.05, 3.63) is 35.9 Å². The maximum Gasteiger partial charge on any atom is 0.409 e. The maximum atomic E-state index is 11.5. The van der Waals surface area contributed by atoms with Crippen LogP contribution in [0.1, 0.15) is 11.5 Å². The van der Waals surface area contributed by atoms with E-state index in [0.29, 0.717) is 6.54 Å². The van der Waals surface area contributed by atoms with Crippen molar-refractivity contribution in [2.45, 2.75) is 5.92 Å². The zero-order valence-electron chi connectivity index (χ0n) is 10.1. The normalized spacial score (nSPS) is 22.8. The number of aliphatic carboxylic acids is 1. The van der Waals surface area contributed by atoms with Gasteiger partial charge in [-0.3, -0.25) is 4.79 Å². The molecule has 0 bridgehead atoms. The maximum absolute atomic E-state index is 11.5. The van der Waals surface area contributed by atoms with E-state index >= 15 is 0 Å². The Morgan fingerprint density at radius 1 is 1.28 bits per heavy atom. The number of nitrogens with zero attached hydrogens (tertiary/aromatic N) is 1. The molecule has 1 saturated heterocycles. The van der Waals surface area contributed by atoms with Crippen molar-refractivity contribution in [3.63, 3.8) is 0 Å². The van der Waals surface area contributed by atoms with E-state index in [1.54, 1.807) is 0 Å². The number of benzene rings is 1. The first-order valence-corrected chi connectivity index (χ1v) is 5.74. The van der Waals surface area contributed by atoms with Crippen LogP contribution < -0.4 is 0 Å². The van der Waals surface area contributed by atoms with Gasteiger partial charge in [-0.25, -0.2) is 4.79 Å². The van der Waals surface area contributed by atoms with Crippen molar-refractivity contribution in [2.24, 2.45) is 5.92 Å². The average Bonchev–Trinajstić information content (AvgIpc) is 2.84. The van der Waals surface area contributed by atoms with E-state index in [2.05, 4.69) is 4.74 Å². The molecule has 0 aliphatic carbocycles. The van der Waals surface area contributed by atoms with E-state index in [-0.39, 0.29) is 12.5 Å². The Balaban J connectivity index is 2.23. The Bertz CT molecular complexity index is 446. The Morgan fingerprint density at radius 3 is 2.50 bits per heavy atom. The number of carbonyl (C=O) groups excluding carboxylic acids is 1. The first kappa shape index (κ1) is 12.4. The van der Waals surface area contributed by atoms with Crippen LogP contribution in [-0.4, -0.2) is 42.3 Å². The molecule has 1 aliphatic rings. The lowest BCUT2D eigenvalue weighted by atomic mass is 9.89. The molecule has 5 nitrogen and oxygen atoms in total. The quantitative estimate of drug-likeness (QED) is 0.863. The zero-order valence-corrected chi connectivity index (χ0v) is 10.1. The van der Waals surface area contributed by atoms with E-state index in [4.69, 9.17) is 0 Å². The van der Waals surface area contributed by atoms with Gasteiger partial charge in [0.15, 0.2) is 0 Å². The summed E-state index contributed by atoms with van der Waals surface area (Å²) in [4.78, 5) is 24.2. The summed E-state index contributed by atoms with van der Waals surface area (Å²) in [6.07, 6.45) is -0.473. The SMILES string of the molecule is COC(=O)N1C[C@H](C(=O)O)[C@@H](c2ccccc2)C1. The first-order valence-electron chi connectivity index (χ1n) is 5.74. The molecular formula is C13H15NO4. The second-order valence-electron chi connectivity index (χ2n) is 4.34. The molecule has 1 heterocycles. The number of methoxy groups -OCH3 is 1. The number of amides is 1. The Kier molecular flexibility index (Phi) is 3.50. The number of likely N-dealkylation sites (tertiary alicyclic amines) is 1. The van der Waals surface area contributed by atoms with Gasteiger partial charge in [-0.15, -0.1) is 0 Å². The van der Waals surface area contributed by atoms with E-state index < -0.39 is 18.0 Å². The van der Waals surface area contributed by atoms with Crippen LogP contribution in [-0.2, 0) is 9.53 Å². The van der Waals surface area contributed by atoms with Crippen LogP contribution in [0.3, 0.4) is 0 Å². The average molecular weight is 249 g/mol. The molecular weight excluding hydrogens is 234 g/mol. The summed E-state index contributed by atoms with van der Waals surface area (Å²) in [6.45, 7) is 0.579. The van der Waals surface area contributed by atoms with Crippen LogP contribution in [0, 0.1) is 5.92 Å². The second kappa shape index (κ2) is 5.08. The van der Waals surface area contributed by atoms with E-state index in [1.165, 1.54) is 12.0 Å². The van der Waals surface area contributed by atoms with Gasteiger partial charge in [0.1, 0.15) is 0 Å². The largest absolute Gasteiger partial charge is 0.481 e. The first-order chi connectivity index (χ1) is 8.63. The molecule has 2 rings (SSSR count). The van der Waals surface area contributed by atoms with Crippen LogP contribution in [0.4, 0.5) is 4.79 Å². The number of carbonyl (C=O) groups is 2. The van der Waals surface area contributed by atoms with Crippen LogP contribution >= 0.6 is 0 Å². The van der Waals surface area contributed by atoms with Crippen molar-refractivity contribution < 1.29 is 19.4 Å². The molecule has 1 aromatic rings. The number of carboxylic acid groups (broad SMARTS) is 1. The molecule has 0 unspecified atom stereocenters. The Morgan fingerprint density at radius 2 is 1.94 bits per heavy atom. The van der Waals surface area contributed by atoms with Gasteiger partial charge < -0.3 is 14.7 Å². The lowest BCUT2D eigenvalue weighted by molar-refractivity contribution is -0.141.